The summed E-state index contributed by atoms with van der Waals surface area (Å²) < 4.78 is 28.6. The molecule has 3 aromatic carbocycles. The minimum absolute atomic E-state index is 0.0848. The molecule has 0 aromatic heterocycles. The largest absolute Gasteiger partial charge is 0.354 e. The monoisotopic (exact) mass is 535 g/mol. The van der Waals surface area contributed by atoms with E-state index in [0.717, 1.165) is 21.0 Å². The molecule has 2 amide bonds. The van der Waals surface area contributed by atoms with E-state index in [1.807, 2.05) is 52.0 Å². The first kappa shape index (κ1) is 28.9. The van der Waals surface area contributed by atoms with Crippen molar-refractivity contribution >= 4 is 27.5 Å². The second-order valence-electron chi connectivity index (χ2n) is 9.92. The molecule has 0 aliphatic rings. The summed E-state index contributed by atoms with van der Waals surface area (Å²) in [7, 11) is -4.06. The summed E-state index contributed by atoms with van der Waals surface area (Å²) in [5.41, 5.74) is 3.21. The maximum Gasteiger partial charge on any atom is 0.264 e. The maximum atomic E-state index is 13.9. The number of nitrogens with zero attached hydrogens (tertiary/aromatic N) is 2. The van der Waals surface area contributed by atoms with Crippen molar-refractivity contribution in [3.8, 4) is 0 Å². The number of carbonyl (C=O) groups is 2. The second kappa shape index (κ2) is 12.7. The lowest BCUT2D eigenvalue weighted by atomic mass is 10.1. The summed E-state index contributed by atoms with van der Waals surface area (Å²) in [6, 6.07) is 21.9. The van der Waals surface area contributed by atoms with Crippen molar-refractivity contribution in [2.24, 2.45) is 5.92 Å². The molecule has 1 N–H and O–H groups in total. The predicted octanol–water partition coefficient (Wildman–Crippen LogP) is 4.69. The van der Waals surface area contributed by atoms with E-state index in [4.69, 9.17) is 0 Å². The molecule has 3 aromatic rings. The number of benzene rings is 3. The van der Waals surface area contributed by atoms with Crippen molar-refractivity contribution < 1.29 is 18.0 Å². The molecule has 0 aliphatic heterocycles. The lowest BCUT2D eigenvalue weighted by molar-refractivity contribution is -0.139. The van der Waals surface area contributed by atoms with Gasteiger partial charge in [-0.25, -0.2) is 8.42 Å². The minimum atomic E-state index is -4.06. The zero-order valence-corrected chi connectivity index (χ0v) is 23.5. The molecule has 0 bridgehead atoms. The van der Waals surface area contributed by atoms with Gasteiger partial charge >= 0.3 is 0 Å². The van der Waals surface area contributed by atoms with Crippen LogP contribution in [0.5, 0.6) is 0 Å². The Morgan fingerprint density at radius 1 is 0.842 bits per heavy atom. The summed E-state index contributed by atoms with van der Waals surface area (Å²) in [6.07, 6.45) is 0. The van der Waals surface area contributed by atoms with Crippen molar-refractivity contribution in [3.05, 3.63) is 95.6 Å². The van der Waals surface area contributed by atoms with Gasteiger partial charge in [0, 0.05) is 13.1 Å². The molecule has 0 aliphatic carbocycles. The van der Waals surface area contributed by atoms with E-state index in [1.165, 1.54) is 17.0 Å². The Kier molecular flexibility index (Phi) is 9.69. The maximum absolute atomic E-state index is 13.9. The first-order valence-electron chi connectivity index (χ1n) is 12.8. The van der Waals surface area contributed by atoms with Crippen LogP contribution in [-0.2, 0) is 26.2 Å². The molecule has 0 saturated heterocycles. The van der Waals surface area contributed by atoms with Gasteiger partial charge in [-0.2, -0.15) is 0 Å². The van der Waals surface area contributed by atoms with Crippen LogP contribution in [0.2, 0.25) is 0 Å². The van der Waals surface area contributed by atoms with Crippen molar-refractivity contribution in [1.82, 2.24) is 10.2 Å². The summed E-state index contributed by atoms with van der Waals surface area (Å²) >= 11 is 0. The predicted molar refractivity (Wildman–Crippen MR) is 151 cm³/mol. The van der Waals surface area contributed by atoms with E-state index in [1.54, 1.807) is 49.4 Å². The molecular formula is C30H37N3O4S. The van der Waals surface area contributed by atoms with Gasteiger partial charge in [0.2, 0.25) is 11.8 Å². The van der Waals surface area contributed by atoms with Crippen LogP contribution < -0.4 is 9.62 Å². The van der Waals surface area contributed by atoms with Gasteiger partial charge in [-0.05, 0) is 62.1 Å². The highest BCUT2D eigenvalue weighted by Crippen LogP contribution is 2.25. The fraction of sp³-hybridized carbons (Fsp3) is 0.333. The van der Waals surface area contributed by atoms with Gasteiger partial charge in [-0.15, -0.1) is 0 Å². The Balaban J connectivity index is 2.00. The smallest absolute Gasteiger partial charge is 0.264 e. The molecule has 1 unspecified atom stereocenters. The number of rotatable bonds is 11. The van der Waals surface area contributed by atoms with Crippen LogP contribution in [0.15, 0.2) is 83.8 Å². The van der Waals surface area contributed by atoms with E-state index in [2.05, 4.69) is 5.32 Å². The van der Waals surface area contributed by atoms with Gasteiger partial charge in [0.05, 0.1) is 10.6 Å². The van der Waals surface area contributed by atoms with E-state index >= 15 is 0 Å². The van der Waals surface area contributed by atoms with E-state index in [0.29, 0.717) is 12.2 Å². The van der Waals surface area contributed by atoms with Crippen LogP contribution in [0.25, 0.3) is 0 Å². The molecule has 3 rings (SSSR count). The topological polar surface area (TPSA) is 86.8 Å². The van der Waals surface area contributed by atoms with Crippen LogP contribution in [0.3, 0.4) is 0 Å². The normalized spacial score (nSPS) is 12.2. The zero-order chi connectivity index (χ0) is 27.9. The Labute approximate surface area is 226 Å². The van der Waals surface area contributed by atoms with Crippen LogP contribution in [-0.4, -0.2) is 44.3 Å². The lowest BCUT2D eigenvalue weighted by Gasteiger charge is -2.32. The highest BCUT2D eigenvalue weighted by atomic mass is 32.2. The van der Waals surface area contributed by atoms with Crippen molar-refractivity contribution in [2.45, 2.75) is 52.1 Å². The minimum Gasteiger partial charge on any atom is -0.354 e. The second-order valence-corrected chi connectivity index (χ2v) is 11.8. The molecule has 0 spiro atoms. The first-order valence-corrected chi connectivity index (χ1v) is 14.2. The molecule has 202 valence electrons. The van der Waals surface area contributed by atoms with Gasteiger partial charge in [0.25, 0.3) is 10.0 Å². The standard InChI is InChI=1S/C30H37N3O4S/c1-22(2)19-31-30(35)25(5)32(20-26-12-10-9-11-24(26)4)29(34)21-33(27-17-15-23(3)16-18-27)38(36,37)28-13-7-6-8-14-28/h6-18,22,25H,19-21H2,1-5H3,(H,31,35). The average Bonchev–Trinajstić information content (AvgIpc) is 2.90. The third-order valence-corrected chi connectivity index (χ3v) is 8.17. The number of nitrogens with one attached hydrogen (secondary N) is 1. The fourth-order valence-electron chi connectivity index (χ4n) is 3.97. The average molecular weight is 536 g/mol. The summed E-state index contributed by atoms with van der Waals surface area (Å²) in [5.74, 6) is -0.506. The molecule has 7 nitrogen and oxygen atoms in total. The van der Waals surface area contributed by atoms with Crippen LogP contribution in [0.1, 0.15) is 37.5 Å². The van der Waals surface area contributed by atoms with Crippen LogP contribution in [0.4, 0.5) is 5.69 Å². The molecule has 38 heavy (non-hydrogen) atoms. The number of aryl methyl sites for hydroxylation is 2. The molecule has 8 heteroatoms. The van der Waals surface area contributed by atoms with Crippen molar-refractivity contribution in [2.75, 3.05) is 17.4 Å². The third kappa shape index (κ3) is 7.22. The van der Waals surface area contributed by atoms with Gasteiger partial charge in [-0.3, -0.25) is 13.9 Å². The first-order chi connectivity index (χ1) is 18.0. The number of hydrogen-bond donors (Lipinski definition) is 1. The van der Waals surface area contributed by atoms with Crippen molar-refractivity contribution in [1.29, 1.82) is 0 Å². The van der Waals surface area contributed by atoms with Crippen molar-refractivity contribution in [3.63, 3.8) is 0 Å². The third-order valence-electron chi connectivity index (χ3n) is 6.39. The zero-order valence-electron chi connectivity index (χ0n) is 22.7. The number of amides is 2. The highest BCUT2D eigenvalue weighted by molar-refractivity contribution is 7.92. The Bertz CT molecular complexity index is 1340. The Morgan fingerprint density at radius 2 is 1.45 bits per heavy atom. The SMILES string of the molecule is Cc1ccc(N(CC(=O)N(Cc2ccccc2C)C(C)C(=O)NCC(C)C)S(=O)(=O)c2ccccc2)cc1. The number of carbonyl (C=O) groups excluding carboxylic acids is 2. The van der Waals surface area contributed by atoms with Gasteiger partial charge < -0.3 is 10.2 Å². The van der Waals surface area contributed by atoms with Gasteiger partial charge in [0.15, 0.2) is 0 Å². The molecule has 0 fully saturated rings. The summed E-state index contributed by atoms with van der Waals surface area (Å²) in [6.45, 7) is 9.72. The van der Waals surface area contributed by atoms with Gasteiger partial charge in [-0.1, -0.05) is 74.0 Å². The van der Waals surface area contributed by atoms with E-state index in [9.17, 15) is 18.0 Å². The number of anilines is 1. The summed E-state index contributed by atoms with van der Waals surface area (Å²) in [4.78, 5) is 28.5. The van der Waals surface area contributed by atoms with Gasteiger partial charge in [0.1, 0.15) is 12.6 Å². The quantitative estimate of drug-likeness (QED) is 0.386. The Morgan fingerprint density at radius 3 is 2.05 bits per heavy atom. The number of sulfonamides is 1. The fourth-order valence-corrected chi connectivity index (χ4v) is 5.40. The highest BCUT2D eigenvalue weighted by Gasteiger charge is 2.32. The lowest BCUT2D eigenvalue weighted by Crippen LogP contribution is -2.51. The van der Waals surface area contributed by atoms with Crippen LogP contribution in [0, 0.1) is 19.8 Å². The summed E-state index contributed by atoms with van der Waals surface area (Å²) in [5, 5.41) is 2.90. The molecule has 0 heterocycles. The van der Waals surface area contributed by atoms with Crippen LogP contribution >= 0.6 is 0 Å². The molecular weight excluding hydrogens is 498 g/mol. The molecule has 0 saturated carbocycles. The van der Waals surface area contributed by atoms with E-state index < -0.39 is 28.5 Å². The molecule has 0 radical (unpaired) electrons. The number of hydrogen-bond acceptors (Lipinski definition) is 4. The van der Waals surface area contributed by atoms with E-state index in [-0.39, 0.29) is 23.3 Å². The Hall–Kier alpha value is -3.65. The molecule has 1 atom stereocenters.